The van der Waals surface area contributed by atoms with E-state index in [1.807, 2.05) is 38.1 Å². The largest absolute Gasteiger partial charge is 0.497 e. The Balaban J connectivity index is 1.73. The molecule has 32 heavy (non-hydrogen) atoms. The number of nitrogens with one attached hydrogen (secondary N) is 1. The second-order valence-corrected chi connectivity index (χ2v) is 9.89. The lowest BCUT2D eigenvalue weighted by Crippen LogP contribution is -2.41. The predicted molar refractivity (Wildman–Crippen MR) is 120 cm³/mol. The van der Waals surface area contributed by atoms with E-state index >= 15 is 0 Å². The Morgan fingerprint density at radius 1 is 1.12 bits per heavy atom. The molecule has 1 aliphatic heterocycles. The van der Waals surface area contributed by atoms with Crippen molar-refractivity contribution in [3.63, 3.8) is 0 Å². The number of amides is 1. The molecule has 0 bridgehead atoms. The number of sulfonamides is 1. The molecule has 9 heteroatoms. The molecule has 2 aromatic rings. The molecular weight excluding hydrogens is 432 g/mol. The highest BCUT2D eigenvalue weighted by Crippen LogP contribution is 2.33. The number of fused-ring (bicyclic) bond motifs is 1. The van der Waals surface area contributed by atoms with Crippen LogP contribution in [-0.2, 0) is 21.4 Å². The van der Waals surface area contributed by atoms with Crippen molar-refractivity contribution in [2.24, 2.45) is 5.92 Å². The van der Waals surface area contributed by atoms with Crippen LogP contribution in [0.5, 0.6) is 17.2 Å². The van der Waals surface area contributed by atoms with Gasteiger partial charge in [-0.2, -0.15) is 4.31 Å². The summed E-state index contributed by atoms with van der Waals surface area (Å²) in [5, 5.41) is 2.80. The lowest BCUT2D eigenvalue weighted by Gasteiger charge is -2.24. The van der Waals surface area contributed by atoms with Crippen molar-refractivity contribution in [2.45, 2.75) is 31.7 Å². The number of methoxy groups -OCH3 is 1. The number of carbonyl (C=O) groups is 1. The summed E-state index contributed by atoms with van der Waals surface area (Å²) in [7, 11) is -2.33. The second kappa shape index (κ2) is 10.7. The van der Waals surface area contributed by atoms with E-state index in [2.05, 4.69) is 5.32 Å². The second-order valence-electron chi connectivity index (χ2n) is 7.95. The molecule has 1 N–H and O–H groups in total. The monoisotopic (exact) mass is 462 g/mol. The van der Waals surface area contributed by atoms with Crippen molar-refractivity contribution < 1.29 is 27.4 Å². The molecule has 1 amide bonds. The van der Waals surface area contributed by atoms with Crippen molar-refractivity contribution in [1.29, 1.82) is 0 Å². The number of hydrogen-bond donors (Lipinski definition) is 1. The Morgan fingerprint density at radius 3 is 2.59 bits per heavy atom. The summed E-state index contributed by atoms with van der Waals surface area (Å²) < 4.78 is 44.1. The van der Waals surface area contributed by atoms with E-state index in [0.29, 0.717) is 36.9 Å². The fourth-order valence-electron chi connectivity index (χ4n) is 3.22. The van der Waals surface area contributed by atoms with Crippen LogP contribution in [0.1, 0.15) is 25.8 Å². The maximum Gasteiger partial charge on any atom is 0.243 e. The third-order valence-corrected chi connectivity index (χ3v) is 6.89. The molecular formula is C23H30N2O6S. The third-order valence-electron chi connectivity index (χ3n) is 5.05. The maximum absolute atomic E-state index is 13.4. The number of rotatable bonds is 10. The van der Waals surface area contributed by atoms with Gasteiger partial charge in [0.1, 0.15) is 19.0 Å². The molecule has 174 valence electrons. The van der Waals surface area contributed by atoms with Gasteiger partial charge in [-0.05, 0) is 42.2 Å². The molecule has 1 heterocycles. The van der Waals surface area contributed by atoms with Gasteiger partial charge in [-0.3, -0.25) is 4.79 Å². The van der Waals surface area contributed by atoms with Gasteiger partial charge in [0.15, 0.2) is 11.5 Å². The zero-order valence-electron chi connectivity index (χ0n) is 18.7. The van der Waals surface area contributed by atoms with Gasteiger partial charge in [0, 0.05) is 19.2 Å². The quantitative estimate of drug-likeness (QED) is 0.584. The summed E-state index contributed by atoms with van der Waals surface area (Å²) in [6.07, 6.45) is 0.632. The van der Waals surface area contributed by atoms with Crippen molar-refractivity contribution in [1.82, 2.24) is 9.62 Å². The molecule has 0 aliphatic carbocycles. The molecule has 0 saturated heterocycles. The zero-order valence-corrected chi connectivity index (χ0v) is 19.5. The molecule has 0 spiro atoms. The zero-order chi connectivity index (χ0) is 23.1. The first-order valence-electron chi connectivity index (χ1n) is 10.6. The Kier molecular flexibility index (Phi) is 7.98. The SMILES string of the molecule is COc1cccc(CNC(=O)CN(CCC(C)C)S(=O)(=O)c2ccc3c(c2)OCCO3)c1. The minimum Gasteiger partial charge on any atom is -0.497 e. The van der Waals surface area contributed by atoms with E-state index in [1.165, 1.54) is 16.4 Å². The fourth-order valence-corrected chi connectivity index (χ4v) is 4.65. The standard InChI is InChI=1S/C23H30N2O6S/c1-17(2)9-10-25(16-23(26)24-15-18-5-4-6-19(13-18)29-3)32(27,28)20-7-8-21-22(14-20)31-12-11-30-21/h4-8,13-14,17H,9-12,15-16H2,1-3H3,(H,24,26). The Labute approximate surface area is 189 Å². The van der Waals surface area contributed by atoms with Gasteiger partial charge in [-0.25, -0.2) is 8.42 Å². The molecule has 0 radical (unpaired) electrons. The van der Waals surface area contributed by atoms with Gasteiger partial charge in [-0.1, -0.05) is 26.0 Å². The molecule has 3 rings (SSSR count). The van der Waals surface area contributed by atoms with E-state index < -0.39 is 10.0 Å². The van der Waals surface area contributed by atoms with Gasteiger partial charge in [0.2, 0.25) is 15.9 Å². The van der Waals surface area contributed by atoms with Crippen LogP contribution >= 0.6 is 0 Å². The first kappa shape index (κ1) is 23.9. The van der Waals surface area contributed by atoms with E-state index in [4.69, 9.17) is 14.2 Å². The normalized spacial score (nSPS) is 13.3. The van der Waals surface area contributed by atoms with Crippen LogP contribution in [0, 0.1) is 5.92 Å². The Hall–Kier alpha value is -2.78. The van der Waals surface area contributed by atoms with Crippen molar-refractivity contribution in [3.8, 4) is 17.2 Å². The fraction of sp³-hybridized carbons (Fsp3) is 0.435. The number of hydrogen-bond acceptors (Lipinski definition) is 6. The first-order chi connectivity index (χ1) is 15.3. The topological polar surface area (TPSA) is 94.2 Å². The smallest absolute Gasteiger partial charge is 0.243 e. The molecule has 2 aromatic carbocycles. The van der Waals surface area contributed by atoms with Gasteiger partial charge < -0.3 is 19.5 Å². The van der Waals surface area contributed by atoms with Crippen LogP contribution in [0.2, 0.25) is 0 Å². The minimum atomic E-state index is -3.90. The van der Waals surface area contributed by atoms with E-state index in [0.717, 1.165) is 5.56 Å². The molecule has 0 unspecified atom stereocenters. The third kappa shape index (κ3) is 6.14. The molecule has 0 aromatic heterocycles. The number of nitrogens with zero attached hydrogens (tertiary/aromatic N) is 1. The summed E-state index contributed by atoms with van der Waals surface area (Å²) >= 11 is 0. The number of ether oxygens (including phenoxy) is 3. The van der Waals surface area contributed by atoms with Gasteiger partial charge in [0.25, 0.3) is 0 Å². The molecule has 1 aliphatic rings. The van der Waals surface area contributed by atoms with Crippen LogP contribution in [0.15, 0.2) is 47.4 Å². The summed E-state index contributed by atoms with van der Waals surface area (Å²) in [5.74, 6) is 1.51. The summed E-state index contributed by atoms with van der Waals surface area (Å²) in [4.78, 5) is 12.7. The van der Waals surface area contributed by atoms with Crippen LogP contribution in [0.25, 0.3) is 0 Å². The summed E-state index contributed by atoms with van der Waals surface area (Å²) in [5.41, 5.74) is 0.862. The summed E-state index contributed by atoms with van der Waals surface area (Å²) in [6, 6.07) is 11.9. The lowest BCUT2D eigenvalue weighted by atomic mass is 10.1. The van der Waals surface area contributed by atoms with E-state index in [-0.39, 0.29) is 36.4 Å². The minimum absolute atomic E-state index is 0.0751. The van der Waals surface area contributed by atoms with Crippen LogP contribution in [0.4, 0.5) is 0 Å². The van der Waals surface area contributed by atoms with E-state index in [1.54, 1.807) is 13.2 Å². The Bertz CT molecular complexity index is 1040. The molecule has 0 fully saturated rings. The molecule has 8 nitrogen and oxygen atoms in total. The maximum atomic E-state index is 13.4. The van der Waals surface area contributed by atoms with Crippen molar-refractivity contribution in [2.75, 3.05) is 33.4 Å². The van der Waals surface area contributed by atoms with E-state index in [9.17, 15) is 13.2 Å². The first-order valence-corrected chi connectivity index (χ1v) is 12.0. The predicted octanol–water partition coefficient (Wildman–Crippen LogP) is 2.82. The van der Waals surface area contributed by atoms with Gasteiger partial charge in [-0.15, -0.1) is 0 Å². The highest BCUT2D eigenvalue weighted by Gasteiger charge is 2.28. The average molecular weight is 463 g/mol. The highest BCUT2D eigenvalue weighted by molar-refractivity contribution is 7.89. The highest BCUT2D eigenvalue weighted by atomic mass is 32.2. The number of carbonyl (C=O) groups excluding carboxylic acids is 1. The molecule has 0 saturated carbocycles. The average Bonchev–Trinajstić information content (AvgIpc) is 2.80. The number of benzene rings is 2. The summed E-state index contributed by atoms with van der Waals surface area (Å²) in [6.45, 7) is 5.05. The van der Waals surface area contributed by atoms with Crippen LogP contribution < -0.4 is 19.5 Å². The van der Waals surface area contributed by atoms with Crippen molar-refractivity contribution in [3.05, 3.63) is 48.0 Å². The van der Waals surface area contributed by atoms with Gasteiger partial charge in [0.05, 0.1) is 18.6 Å². The Morgan fingerprint density at radius 2 is 1.88 bits per heavy atom. The lowest BCUT2D eigenvalue weighted by molar-refractivity contribution is -0.121. The molecule has 0 atom stereocenters. The van der Waals surface area contributed by atoms with Gasteiger partial charge >= 0.3 is 0 Å². The van der Waals surface area contributed by atoms with Crippen LogP contribution in [-0.4, -0.2) is 52.0 Å². The van der Waals surface area contributed by atoms with Crippen LogP contribution in [0.3, 0.4) is 0 Å². The van der Waals surface area contributed by atoms with Crippen molar-refractivity contribution >= 4 is 15.9 Å².